The third-order valence-electron chi connectivity index (χ3n) is 5.88. The van der Waals surface area contributed by atoms with Gasteiger partial charge in [0.1, 0.15) is 0 Å². The van der Waals surface area contributed by atoms with E-state index in [2.05, 4.69) is 54.4 Å². The summed E-state index contributed by atoms with van der Waals surface area (Å²) >= 11 is 0. The summed E-state index contributed by atoms with van der Waals surface area (Å²) in [6, 6.07) is 15.9. The van der Waals surface area contributed by atoms with E-state index in [0.717, 1.165) is 51.9 Å². The fraction of sp³-hybridized carbons (Fsp3) is 0.435. The van der Waals surface area contributed by atoms with Crippen LogP contribution in [0.15, 0.2) is 42.5 Å². The molecule has 3 nitrogen and oxygen atoms in total. The monoisotopic (exact) mass is 348 g/mol. The quantitative estimate of drug-likeness (QED) is 0.833. The number of aryl methyl sites for hydroxylation is 4. The first-order valence-corrected chi connectivity index (χ1v) is 9.82. The maximum atomic E-state index is 12.8. The summed E-state index contributed by atoms with van der Waals surface area (Å²) in [5, 5.41) is 0. The number of amides is 1. The Hall–Kier alpha value is -2.13. The van der Waals surface area contributed by atoms with Gasteiger partial charge >= 0.3 is 0 Å². The number of nitrogens with zero attached hydrogens (tertiary/aromatic N) is 2. The summed E-state index contributed by atoms with van der Waals surface area (Å²) in [6.45, 7) is 3.68. The second-order valence-electron chi connectivity index (χ2n) is 7.78. The third kappa shape index (κ3) is 3.99. The number of hydrogen-bond donors (Lipinski definition) is 0. The fourth-order valence-corrected chi connectivity index (χ4v) is 4.01. The van der Waals surface area contributed by atoms with Crippen LogP contribution in [0.1, 0.15) is 27.8 Å². The molecule has 26 heavy (non-hydrogen) atoms. The van der Waals surface area contributed by atoms with Crippen molar-refractivity contribution in [3.63, 3.8) is 0 Å². The van der Waals surface area contributed by atoms with E-state index < -0.39 is 0 Å². The van der Waals surface area contributed by atoms with E-state index in [1.807, 2.05) is 4.90 Å². The Labute approximate surface area is 156 Å². The number of carbonyl (C=O) groups excluding carboxylic acids is 1. The van der Waals surface area contributed by atoms with E-state index in [1.54, 1.807) is 0 Å². The summed E-state index contributed by atoms with van der Waals surface area (Å²) in [5.41, 5.74) is 6.70. The van der Waals surface area contributed by atoms with Gasteiger partial charge in [-0.25, -0.2) is 0 Å². The normalized spacial score (nSPS) is 17.8. The fourth-order valence-electron chi connectivity index (χ4n) is 4.01. The van der Waals surface area contributed by atoms with E-state index in [-0.39, 0.29) is 5.91 Å². The van der Waals surface area contributed by atoms with Gasteiger partial charge in [-0.3, -0.25) is 4.79 Å². The van der Waals surface area contributed by atoms with Gasteiger partial charge < -0.3 is 9.80 Å². The van der Waals surface area contributed by atoms with Crippen molar-refractivity contribution in [3.8, 4) is 0 Å². The molecule has 0 N–H and O–H groups in total. The molecule has 136 valence electrons. The molecule has 1 aliphatic heterocycles. The molecule has 0 aromatic heterocycles. The molecule has 0 saturated carbocycles. The highest BCUT2D eigenvalue weighted by atomic mass is 16.2. The van der Waals surface area contributed by atoms with Crippen LogP contribution in [0.2, 0.25) is 0 Å². The molecule has 3 heteroatoms. The van der Waals surface area contributed by atoms with Gasteiger partial charge in [0, 0.05) is 26.2 Å². The number of benzene rings is 2. The van der Waals surface area contributed by atoms with Crippen LogP contribution in [0.3, 0.4) is 0 Å². The zero-order chi connectivity index (χ0) is 17.9. The Morgan fingerprint density at radius 3 is 2.08 bits per heavy atom. The van der Waals surface area contributed by atoms with Crippen molar-refractivity contribution in [2.75, 3.05) is 33.2 Å². The average Bonchev–Trinajstić information content (AvgIpc) is 2.65. The second kappa shape index (κ2) is 7.63. The van der Waals surface area contributed by atoms with Crippen LogP contribution in [-0.2, 0) is 36.9 Å². The molecule has 0 spiro atoms. The number of piperazine rings is 1. The third-order valence-corrected chi connectivity index (χ3v) is 5.88. The van der Waals surface area contributed by atoms with Gasteiger partial charge in [0.05, 0.1) is 6.42 Å². The molecule has 1 fully saturated rings. The Morgan fingerprint density at radius 1 is 0.808 bits per heavy atom. The smallest absolute Gasteiger partial charge is 0.227 e. The van der Waals surface area contributed by atoms with Crippen molar-refractivity contribution in [1.29, 1.82) is 0 Å². The molecule has 0 radical (unpaired) electrons. The minimum Gasteiger partial charge on any atom is -0.340 e. The number of likely N-dealkylation sites (N-methyl/N-ethyl adjacent to an activating group) is 1. The summed E-state index contributed by atoms with van der Waals surface area (Å²) in [5.74, 6) is 0.284. The van der Waals surface area contributed by atoms with Crippen molar-refractivity contribution in [1.82, 2.24) is 9.80 Å². The molecule has 4 bridgehead atoms. The Kier molecular flexibility index (Phi) is 5.07. The van der Waals surface area contributed by atoms with E-state index >= 15 is 0 Å². The van der Waals surface area contributed by atoms with Crippen molar-refractivity contribution in [2.45, 2.75) is 32.1 Å². The van der Waals surface area contributed by atoms with Crippen LogP contribution in [0, 0.1) is 0 Å². The van der Waals surface area contributed by atoms with Gasteiger partial charge in [-0.15, -0.1) is 0 Å². The zero-order valence-corrected chi connectivity index (χ0v) is 15.7. The molecule has 2 aromatic carbocycles. The predicted molar refractivity (Wildman–Crippen MR) is 105 cm³/mol. The van der Waals surface area contributed by atoms with Crippen LogP contribution in [-0.4, -0.2) is 48.9 Å². The van der Waals surface area contributed by atoms with Crippen molar-refractivity contribution < 1.29 is 4.79 Å². The summed E-state index contributed by atoms with van der Waals surface area (Å²) in [7, 11) is 2.12. The highest BCUT2D eigenvalue weighted by molar-refractivity contribution is 5.79. The van der Waals surface area contributed by atoms with Gasteiger partial charge in [-0.1, -0.05) is 42.5 Å². The molecular weight excluding hydrogens is 320 g/mol. The minimum absolute atomic E-state index is 0.284. The number of carbonyl (C=O) groups is 1. The molecule has 1 saturated heterocycles. The molecule has 0 atom stereocenters. The van der Waals surface area contributed by atoms with E-state index in [0.29, 0.717) is 6.42 Å². The molecule has 7 rings (SSSR count). The second-order valence-corrected chi connectivity index (χ2v) is 7.78. The van der Waals surface area contributed by atoms with Crippen LogP contribution in [0.5, 0.6) is 0 Å². The van der Waals surface area contributed by atoms with Crippen molar-refractivity contribution >= 4 is 5.91 Å². The van der Waals surface area contributed by atoms with Crippen LogP contribution >= 0.6 is 0 Å². The van der Waals surface area contributed by atoms with Crippen LogP contribution in [0.25, 0.3) is 0 Å². The van der Waals surface area contributed by atoms with Gasteiger partial charge in [0.25, 0.3) is 0 Å². The largest absolute Gasteiger partial charge is 0.340 e. The van der Waals surface area contributed by atoms with Gasteiger partial charge in [-0.05, 0) is 60.5 Å². The zero-order valence-electron chi connectivity index (χ0n) is 15.7. The molecule has 1 amide bonds. The molecule has 0 unspecified atom stereocenters. The molecule has 2 aromatic rings. The van der Waals surface area contributed by atoms with Crippen molar-refractivity contribution in [2.24, 2.45) is 0 Å². The standard InChI is InChI=1S/C23H28N2O/c1-24-12-14-25(15-13-24)23(26)17-22-16-20-7-6-18-2-4-19(5-3-18)8-10-21(22)11-9-20/h2-5,9,11,16H,6-8,10,12-15,17H2,1H3. The lowest BCUT2D eigenvalue weighted by molar-refractivity contribution is -0.132. The van der Waals surface area contributed by atoms with E-state index in [1.165, 1.54) is 27.8 Å². The average molecular weight is 348 g/mol. The first-order chi connectivity index (χ1) is 12.7. The number of rotatable bonds is 2. The molecule has 4 aliphatic carbocycles. The first-order valence-electron chi connectivity index (χ1n) is 9.82. The number of hydrogen-bond acceptors (Lipinski definition) is 2. The lowest BCUT2D eigenvalue weighted by Gasteiger charge is -2.32. The summed E-state index contributed by atoms with van der Waals surface area (Å²) in [4.78, 5) is 17.2. The van der Waals surface area contributed by atoms with Crippen LogP contribution in [0.4, 0.5) is 0 Å². The van der Waals surface area contributed by atoms with E-state index in [4.69, 9.17) is 0 Å². The Bertz CT molecular complexity index is 773. The minimum atomic E-state index is 0.284. The predicted octanol–water partition coefficient (Wildman–Crippen LogP) is 2.89. The summed E-state index contributed by atoms with van der Waals surface area (Å²) < 4.78 is 0. The molecular formula is C23H28N2O. The lowest BCUT2D eigenvalue weighted by atomic mass is 9.92. The topological polar surface area (TPSA) is 23.6 Å². The highest BCUT2D eigenvalue weighted by Crippen LogP contribution is 2.20. The Balaban J connectivity index is 1.54. The SMILES string of the molecule is CN1CCN(C(=O)Cc2cc3ccc2CCc2ccc(cc2)CC3)CC1. The molecule has 5 aliphatic rings. The van der Waals surface area contributed by atoms with Gasteiger partial charge in [0.15, 0.2) is 0 Å². The lowest BCUT2D eigenvalue weighted by Crippen LogP contribution is -2.47. The van der Waals surface area contributed by atoms with Gasteiger partial charge in [0.2, 0.25) is 5.91 Å². The van der Waals surface area contributed by atoms with Gasteiger partial charge in [-0.2, -0.15) is 0 Å². The van der Waals surface area contributed by atoms with Crippen molar-refractivity contribution in [3.05, 3.63) is 70.3 Å². The Morgan fingerprint density at radius 2 is 1.38 bits per heavy atom. The molecule has 1 heterocycles. The first kappa shape index (κ1) is 17.3. The van der Waals surface area contributed by atoms with E-state index in [9.17, 15) is 4.79 Å². The maximum absolute atomic E-state index is 12.8. The summed E-state index contributed by atoms with van der Waals surface area (Å²) in [6.07, 6.45) is 4.69. The maximum Gasteiger partial charge on any atom is 0.227 e. The van der Waals surface area contributed by atoms with Crippen LogP contribution < -0.4 is 0 Å². The highest BCUT2D eigenvalue weighted by Gasteiger charge is 2.20.